The molecule has 2 unspecified atom stereocenters. The molecule has 4 N–H and O–H groups in total. The molecule has 0 aromatic rings. The van der Waals surface area contributed by atoms with Crippen LogP contribution < -0.4 is 10.6 Å². The highest BCUT2D eigenvalue weighted by molar-refractivity contribution is 5.87. The third-order valence-electron chi connectivity index (χ3n) is 8.10. The maximum Gasteiger partial charge on any atom is 0.328 e. The van der Waals surface area contributed by atoms with Gasteiger partial charge in [-0.05, 0) is 32.1 Å². The molecule has 0 aromatic carbocycles. The summed E-state index contributed by atoms with van der Waals surface area (Å²) in [5.74, 6) is -2.39. The van der Waals surface area contributed by atoms with E-state index >= 15 is 0 Å². The summed E-state index contributed by atoms with van der Waals surface area (Å²) in [7, 11) is 0. The standard InChI is InChI=1S/C35H66N2O7/c1-3-5-7-8-9-10-11-12-13-14-15-16-17-18-19-23-27-34(41)44-30(24-6-4-2)25-21-20-22-26-32(39)36-28-33(40)37-31(29-38)35(42)43/h30-31,38H,3-29H2,1-2H3,(H,36,39)(H,37,40)(H,42,43). The van der Waals surface area contributed by atoms with Crippen molar-refractivity contribution < 1.29 is 34.1 Å². The number of nitrogens with one attached hydrogen (secondary N) is 2. The zero-order valence-corrected chi connectivity index (χ0v) is 28.2. The lowest BCUT2D eigenvalue weighted by Crippen LogP contribution is -2.47. The summed E-state index contributed by atoms with van der Waals surface area (Å²) < 4.78 is 5.80. The molecule has 2 atom stereocenters. The molecule has 0 radical (unpaired) electrons. The predicted molar refractivity (Wildman–Crippen MR) is 176 cm³/mol. The quantitative estimate of drug-likeness (QED) is 0.0451. The van der Waals surface area contributed by atoms with E-state index < -0.39 is 24.5 Å². The van der Waals surface area contributed by atoms with E-state index in [1.165, 1.54) is 89.9 Å². The summed E-state index contributed by atoms with van der Waals surface area (Å²) >= 11 is 0. The largest absolute Gasteiger partial charge is 0.480 e. The minimum absolute atomic E-state index is 0.0743. The van der Waals surface area contributed by atoms with Gasteiger partial charge in [0.2, 0.25) is 11.8 Å². The first-order valence-corrected chi connectivity index (χ1v) is 17.9. The number of hydrogen-bond donors (Lipinski definition) is 4. The summed E-state index contributed by atoms with van der Waals surface area (Å²) in [4.78, 5) is 47.0. The summed E-state index contributed by atoms with van der Waals surface area (Å²) in [5, 5.41) is 22.4. The number of carboxylic acid groups (broad SMARTS) is 1. The first-order valence-electron chi connectivity index (χ1n) is 17.9. The van der Waals surface area contributed by atoms with Crippen LogP contribution in [-0.4, -0.2) is 59.3 Å². The molecule has 0 fully saturated rings. The normalized spacial score (nSPS) is 12.4. The molecule has 9 heteroatoms. The molecule has 258 valence electrons. The van der Waals surface area contributed by atoms with Gasteiger partial charge in [-0.1, -0.05) is 129 Å². The van der Waals surface area contributed by atoms with Crippen LogP contribution in [0.25, 0.3) is 0 Å². The van der Waals surface area contributed by atoms with E-state index in [-0.39, 0.29) is 30.9 Å². The van der Waals surface area contributed by atoms with E-state index in [2.05, 4.69) is 24.5 Å². The van der Waals surface area contributed by atoms with Gasteiger partial charge in [-0.3, -0.25) is 14.4 Å². The third-order valence-corrected chi connectivity index (χ3v) is 8.10. The number of amides is 2. The van der Waals surface area contributed by atoms with E-state index in [1.807, 2.05) is 0 Å². The summed E-state index contributed by atoms with van der Waals surface area (Å²) in [6.07, 6.45) is 27.6. The minimum atomic E-state index is -1.39. The highest BCUT2D eigenvalue weighted by Crippen LogP contribution is 2.17. The van der Waals surface area contributed by atoms with E-state index in [4.69, 9.17) is 14.9 Å². The molecular formula is C35H66N2O7. The first-order chi connectivity index (χ1) is 21.3. The zero-order chi connectivity index (χ0) is 32.7. The van der Waals surface area contributed by atoms with Crippen LogP contribution in [0.5, 0.6) is 0 Å². The minimum Gasteiger partial charge on any atom is -0.480 e. The number of rotatable bonds is 32. The zero-order valence-electron chi connectivity index (χ0n) is 28.2. The smallest absolute Gasteiger partial charge is 0.328 e. The lowest BCUT2D eigenvalue weighted by Gasteiger charge is -2.18. The van der Waals surface area contributed by atoms with Crippen LogP contribution in [0.1, 0.15) is 174 Å². The maximum absolute atomic E-state index is 12.4. The predicted octanol–water partition coefficient (Wildman–Crippen LogP) is 7.37. The lowest BCUT2D eigenvalue weighted by atomic mass is 10.0. The molecule has 0 saturated carbocycles. The van der Waals surface area contributed by atoms with Gasteiger partial charge in [0.1, 0.15) is 12.1 Å². The Morgan fingerprint density at radius 1 is 0.591 bits per heavy atom. The molecule has 0 aliphatic rings. The Kier molecular flexibility index (Phi) is 29.3. The van der Waals surface area contributed by atoms with Crippen molar-refractivity contribution in [3.05, 3.63) is 0 Å². The topological polar surface area (TPSA) is 142 Å². The van der Waals surface area contributed by atoms with E-state index in [0.717, 1.165) is 51.4 Å². The van der Waals surface area contributed by atoms with Gasteiger partial charge in [0.05, 0.1) is 13.2 Å². The van der Waals surface area contributed by atoms with Gasteiger partial charge in [0.25, 0.3) is 0 Å². The summed E-state index contributed by atoms with van der Waals surface area (Å²) in [6.45, 7) is 3.34. The third kappa shape index (κ3) is 27.4. The number of carbonyl (C=O) groups is 4. The van der Waals surface area contributed by atoms with Crippen LogP contribution >= 0.6 is 0 Å². The number of hydrogen-bond acceptors (Lipinski definition) is 6. The molecule has 0 saturated heterocycles. The molecule has 0 aliphatic heterocycles. The van der Waals surface area contributed by atoms with E-state index in [0.29, 0.717) is 12.8 Å². The van der Waals surface area contributed by atoms with Crippen LogP contribution in [-0.2, 0) is 23.9 Å². The van der Waals surface area contributed by atoms with Crippen LogP contribution in [0.15, 0.2) is 0 Å². The van der Waals surface area contributed by atoms with Crippen molar-refractivity contribution in [3.8, 4) is 0 Å². The van der Waals surface area contributed by atoms with Gasteiger partial charge in [-0.2, -0.15) is 0 Å². The number of unbranched alkanes of at least 4 members (excludes halogenated alkanes) is 18. The molecule has 0 heterocycles. The van der Waals surface area contributed by atoms with Crippen molar-refractivity contribution in [2.75, 3.05) is 13.2 Å². The van der Waals surface area contributed by atoms with Gasteiger partial charge in [-0.15, -0.1) is 0 Å². The van der Waals surface area contributed by atoms with Gasteiger partial charge in [-0.25, -0.2) is 4.79 Å². The van der Waals surface area contributed by atoms with Crippen molar-refractivity contribution in [2.24, 2.45) is 0 Å². The Hall–Kier alpha value is -2.16. The first kappa shape index (κ1) is 41.8. The van der Waals surface area contributed by atoms with Crippen molar-refractivity contribution >= 4 is 23.8 Å². The van der Waals surface area contributed by atoms with Gasteiger partial charge in [0, 0.05) is 12.8 Å². The second-order valence-corrected chi connectivity index (χ2v) is 12.3. The van der Waals surface area contributed by atoms with Crippen molar-refractivity contribution in [1.29, 1.82) is 0 Å². The number of carbonyl (C=O) groups excluding carboxylic acids is 3. The Morgan fingerprint density at radius 3 is 1.55 bits per heavy atom. The number of esters is 1. The van der Waals surface area contributed by atoms with Crippen LogP contribution in [0.4, 0.5) is 0 Å². The van der Waals surface area contributed by atoms with E-state index in [1.54, 1.807) is 0 Å². The molecule has 0 aliphatic carbocycles. The number of aliphatic carboxylic acids is 1. The Morgan fingerprint density at radius 2 is 1.05 bits per heavy atom. The molecule has 0 bridgehead atoms. The Balaban J connectivity index is 3.84. The molecule has 44 heavy (non-hydrogen) atoms. The van der Waals surface area contributed by atoms with Crippen molar-refractivity contribution in [1.82, 2.24) is 10.6 Å². The number of ether oxygens (including phenoxy) is 1. The fourth-order valence-corrected chi connectivity index (χ4v) is 5.29. The summed E-state index contributed by atoms with van der Waals surface area (Å²) in [5.41, 5.74) is 0. The lowest BCUT2D eigenvalue weighted by molar-refractivity contribution is -0.150. The van der Waals surface area contributed by atoms with Crippen molar-refractivity contribution in [2.45, 2.75) is 187 Å². The Labute approximate surface area is 268 Å². The fourth-order valence-electron chi connectivity index (χ4n) is 5.29. The highest BCUT2D eigenvalue weighted by atomic mass is 16.5. The molecule has 0 rings (SSSR count). The second-order valence-electron chi connectivity index (χ2n) is 12.3. The van der Waals surface area contributed by atoms with Gasteiger partial charge >= 0.3 is 11.9 Å². The average Bonchev–Trinajstić information content (AvgIpc) is 3.00. The Bertz CT molecular complexity index is 732. The second kappa shape index (κ2) is 30.8. The highest BCUT2D eigenvalue weighted by Gasteiger charge is 2.19. The van der Waals surface area contributed by atoms with E-state index in [9.17, 15) is 19.2 Å². The molecule has 0 aromatic heterocycles. The number of aliphatic hydroxyl groups excluding tert-OH is 1. The molecular weight excluding hydrogens is 560 g/mol. The SMILES string of the molecule is CCCCCCCCCCCCCCCCCCC(=O)OC(CCCC)CCCCCC(=O)NCC(=O)NC(CO)C(=O)O. The van der Waals surface area contributed by atoms with Crippen LogP contribution in [0.3, 0.4) is 0 Å². The molecule has 0 spiro atoms. The van der Waals surface area contributed by atoms with Crippen LogP contribution in [0, 0.1) is 0 Å². The number of carboxylic acids is 1. The molecule has 2 amide bonds. The molecule has 9 nitrogen and oxygen atoms in total. The van der Waals surface area contributed by atoms with Gasteiger partial charge < -0.3 is 25.6 Å². The maximum atomic E-state index is 12.4. The monoisotopic (exact) mass is 626 g/mol. The number of aliphatic hydroxyl groups is 1. The summed E-state index contributed by atoms with van der Waals surface area (Å²) in [6, 6.07) is -1.39. The average molecular weight is 627 g/mol. The fraction of sp³-hybridized carbons (Fsp3) is 0.886. The van der Waals surface area contributed by atoms with Crippen molar-refractivity contribution in [3.63, 3.8) is 0 Å². The van der Waals surface area contributed by atoms with Gasteiger partial charge in [0.15, 0.2) is 0 Å². The van der Waals surface area contributed by atoms with Crippen LogP contribution in [0.2, 0.25) is 0 Å².